The Morgan fingerprint density at radius 1 is 0.680 bits per heavy atom. The van der Waals surface area contributed by atoms with Gasteiger partial charge < -0.3 is 27.0 Å². The van der Waals surface area contributed by atoms with Crippen LogP contribution in [0.2, 0.25) is 0 Å². The number of nitrogens with two attached hydrogens (primary N) is 2. The largest absolute Gasteiger partial charge is 0.507 e. The molecule has 252 valence electrons. The Balaban J connectivity index is 1.23. The van der Waals surface area contributed by atoms with Crippen molar-refractivity contribution in [3.63, 3.8) is 0 Å². The van der Waals surface area contributed by atoms with Gasteiger partial charge in [-0.15, -0.1) is 10.2 Å². The molecule has 0 radical (unpaired) electrons. The number of aryl methyl sites for hydroxylation is 1. The molecule has 50 heavy (non-hydrogen) atoms. The topological polar surface area (TPSA) is 267 Å². The van der Waals surface area contributed by atoms with Crippen LogP contribution in [0.1, 0.15) is 26.3 Å². The molecule has 0 unspecified atom stereocenters. The van der Waals surface area contributed by atoms with Crippen LogP contribution in [0, 0.1) is 6.92 Å². The van der Waals surface area contributed by atoms with E-state index in [1.807, 2.05) is 0 Å². The highest BCUT2D eigenvalue weighted by Crippen LogP contribution is 2.41. The Kier molecular flexibility index (Phi) is 10.0. The third-order valence-corrected chi connectivity index (χ3v) is 7.85. The fourth-order valence-electron chi connectivity index (χ4n) is 4.28. The van der Waals surface area contributed by atoms with Crippen molar-refractivity contribution in [2.75, 3.05) is 16.8 Å². The number of anilines is 3. The molecular formula is C33H27N9O7S. The van der Waals surface area contributed by atoms with Gasteiger partial charge in [-0.1, -0.05) is 0 Å². The van der Waals surface area contributed by atoms with Gasteiger partial charge >= 0.3 is 5.97 Å². The second-order valence-electron chi connectivity index (χ2n) is 10.5. The summed E-state index contributed by atoms with van der Waals surface area (Å²) in [6.07, 6.45) is 0. The number of aromatic hydroxyl groups is 1. The van der Waals surface area contributed by atoms with Crippen LogP contribution in [-0.2, 0) is 10.1 Å². The minimum Gasteiger partial charge on any atom is -0.507 e. The molecule has 0 atom stereocenters. The molecule has 0 aromatic heterocycles. The molecule has 8 N–H and O–H groups in total. The highest BCUT2D eigenvalue weighted by atomic mass is 32.2. The predicted molar refractivity (Wildman–Crippen MR) is 185 cm³/mol. The third-order valence-electron chi connectivity index (χ3n) is 6.98. The first-order chi connectivity index (χ1) is 23.8. The molecule has 0 saturated heterocycles. The van der Waals surface area contributed by atoms with E-state index in [1.165, 1.54) is 42.5 Å². The normalized spacial score (nSPS) is 11.8. The van der Waals surface area contributed by atoms with E-state index < -0.39 is 16.1 Å². The first kappa shape index (κ1) is 34.5. The Labute approximate surface area is 284 Å². The van der Waals surface area contributed by atoms with Gasteiger partial charge in [0.05, 0.1) is 39.0 Å². The molecule has 17 heteroatoms. The third kappa shape index (κ3) is 8.35. The van der Waals surface area contributed by atoms with Gasteiger partial charge in [-0.3, -0.25) is 9.35 Å². The molecule has 16 nitrogen and oxygen atoms in total. The van der Waals surface area contributed by atoms with Crippen LogP contribution in [0.4, 0.5) is 51.2 Å². The first-order valence-corrected chi connectivity index (χ1v) is 15.8. The number of phenols is 1. The summed E-state index contributed by atoms with van der Waals surface area (Å²) in [4.78, 5) is 23.7. The number of nitrogens with one attached hydrogen (secondary N) is 1. The van der Waals surface area contributed by atoms with E-state index in [0.717, 1.165) is 0 Å². The zero-order chi connectivity index (χ0) is 36.0. The molecule has 0 aliphatic carbocycles. The zero-order valence-electron chi connectivity index (χ0n) is 26.0. The lowest BCUT2D eigenvalue weighted by atomic mass is 10.1. The van der Waals surface area contributed by atoms with Crippen LogP contribution < -0.4 is 16.8 Å². The number of hydrogen-bond donors (Lipinski definition) is 6. The summed E-state index contributed by atoms with van der Waals surface area (Å²) in [7, 11) is -4.34. The highest BCUT2D eigenvalue weighted by molar-refractivity contribution is 7.85. The number of benzene rings is 5. The molecule has 5 aromatic rings. The summed E-state index contributed by atoms with van der Waals surface area (Å²) < 4.78 is 31.6. The van der Waals surface area contributed by atoms with Crippen LogP contribution >= 0.6 is 0 Å². The Morgan fingerprint density at radius 2 is 1.20 bits per heavy atom. The lowest BCUT2D eigenvalue weighted by Crippen LogP contribution is -2.11. The Hall–Kier alpha value is -6.85. The van der Waals surface area contributed by atoms with E-state index in [4.69, 9.17) is 21.1 Å². The zero-order valence-corrected chi connectivity index (χ0v) is 26.8. The van der Waals surface area contributed by atoms with Gasteiger partial charge in [-0.05, 0) is 110 Å². The number of nitrogens with zero attached hydrogens (tertiary/aromatic N) is 6. The van der Waals surface area contributed by atoms with E-state index in [9.17, 15) is 23.1 Å². The van der Waals surface area contributed by atoms with Crippen molar-refractivity contribution in [3.05, 3.63) is 114 Å². The number of rotatable bonds is 10. The molecular weight excluding hydrogens is 666 g/mol. The van der Waals surface area contributed by atoms with E-state index in [-0.39, 0.29) is 50.6 Å². The molecule has 0 bridgehead atoms. The first-order valence-electron chi connectivity index (χ1n) is 14.4. The van der Waals surface area contributed by atoms with E-state index in [1.54, 1.807) is 61.5 Å². The summed E-state index contributed by atoms with van der Waals surface area (Å²) in [6, 6.07) is 23.3. The number of azo groups is 3. The van der Waals surface area contributed by atoms with Crippen LogP contribution in [0.3, 0.4) is 0 Å². The minimum atomic E-state index is -4.34. The second kappa shape index (κ2) is 14.5. The number of carboxylic acid groups (broad SMARTS) is 1. The predicted octanol–water partition coefficient (Wildman–Crippen LogP) is 8.31. The number of nitrogen functional groups attached to an aromatic ring is 2. The maximum Gasteiger partial charge on any atom is 0.339 e. The monoisotopic (exact) mass is 693 g/mol. The van der Waals surface area contributed by atoms with Gasteiger partial charge in [0.1, 0.15) is 22.7 Å². The fraction of sp³-hybridized carbons (Fsp3) is 0.0303. The van der Waals surface area contributed by atoms with E-state index in [0.29, 0.717) is 33.9 Å². The Morgan fingerprint density at radius 3 is 1.80 bits per heavy atom. The number of carbonyl (C=O) groups is 2. The van der Waals surface area contributed by atoms with Crippen LogP contribution in [0.25, 0.3) is 0 Å². The maximum atomic E-state index is 12.8. The summed E-state index contributed by atoms with van der Waals surface area (Å²) >= 11 is 0. The smallest absolute Gasteiger partial charge is 0.339 e. The van der Waals surface area contributed by atoms with Crippen LogP contribution in [0.5, 0.6) is 5.75 Å². The van der Waals surface area contributed by atoms with Crippen molar-refractivity contribution in [3.8, 4) is 5.75 Å². The maximum absolute atomic E-state index is 12.8. The van der Waals surface area contributed by atoms with Gasteiger partial charge in [0.25, 0.3) is 16.0 Å². The number of aromatic carboxylic acids is 1. The van der Waals surface area contributed by atoms with Crippen molar-refractivity contribution in [2.24, 2.45) is 30.7 Å². The quantitative estimate of drug-likeness (QED) is 0.0465. The van der Waals surface area contributed by atoms with Gasteiger partial charge in [0, 0.05) is 11.3 Å². The van der Waals surface area contributed by atoms with Crippen molar-refractivity contribution >= 4 is 73.2 Å². The average Bonchev–Trinajstić information content (AvgIpc) is 3.09. The van der Waals surface area contributed by atoms with Gasteiger partial charge in [-0.25, -0.2) is 4.79 Å². The summed E-state index contributed by atoms with van der Waals surface area (Å²) in [6.45, 7) is 1.74. The van der Waals surface area contributed by atoms with Crippen LogP contribution in [-0.4, -0.2) is 35.1 Å². The standard InChI is InChI=1S/C33H27N9O7S/c1-18-16-27(41-38-23-10-13-25(14-11-23)50(47,48)49)30(35)31(29(18)34)42-39-22-8-6-20(7-9-22)36-32(44)19-2-4-21(5-3-19)37-40-24-12-15-28(43)26(17-24)33(45)46/h2-17,43H,34-35H2,1H3,(H,36,44)(H,45,46)(H,47,48,49). The van der Waals surface area contributed by atoms with Crippen molar-refractivity contribution < 1.29 is 32.8 Å². The van der Waals surface area contributed by atoms with Gasteiger partial charge in [-0.2, -0.15) is 28.9 Å². The second-order valence-corrected chi connectivity index (χ2v) is 11.9. The fourth-order valence-corrected chi connectivity index (χ4v) is 4.76. The number of hydrogen-bond acceptors (Lipinski definition) is 13. The van der Waals surface area contributed by atoms with Crippen molar-refractivity contribution in [1.82, 2.24) is 0 Å². The van der Waals surface area contributed by atoms with Crippen LogP contribution in [0.15, 0.2) is 133 Å². The lowest BCUT2D eigenvalue weighted by molar-refractivity contribution is 0.0693. The lowest BCUT2D eigenvalue weighted by Gasteiger charge is -2.09. The van der Waals surface area contributed by atoms with Gasteiger partial charge in [0.15, 0.2) is 0 Å². The number of carboxylic acids is 1. The molecule has 0 aliphatic heterocycles. The highest BCUT2D eigenvalue weighted by Gasteiger charge is 2.14. The SMILES string of the molecule is Cc1cc(N=Nc2ccc(S(=O)(=O)O)cc2)c(N)c(N=Nc2ccc(NC(=O)c3ccc(N=Nc4ccc(O)c(C(=O)O)c4)cc3)cc2)c1N. The number of amides is 1. The summed E-state index contributed by atoms with van der Waals surface area (Å²) in [5.74, 6) is -2.06. The molecule has 5 rings (SSSR count). The van der Waals surface area contributed by atoms with Crippen molar-refractivity contribution in [2.45, 2.75) is 11.8 Å². The van der Waals surface area contributed by atoms with Crippen molar-refractivity contribution in [1.29, 1.82) is 0 Å². The Bertz CT molecular complexity index is 2290. The summed E-state index contributed by atoms with van der Waals surface area (Å²) in [5, 5.41) is 46.2. The summed E-state index contributed by atoms with van der Waals surface area (Å²) in [5.41, 5.74) is 15.9. The van der Waals surface area contributed by atoms with Gasteiger partial charge in [0.2, 0.25) is 0 Å². The molecule has 0 heterocycles. The number of carbonyl (C=O) groups excluding carboxylic acids is 1. The molecule has 0 spiro atoms. The molecule has 0 aliphatic rings. The molecule has 5 aromatic carbocycles. The molecule has 0 saturated carbocycles. The minimum absolute atomic E-state index is 0.110. The molecule has 0 fully saturated rings. The average molecular weight is 694 g/mol. The molecule has 1 amide bonds. The van der Waals surface area contributed by atoms with E-state index in [2.05, 4.69) is 36.0 Å². The van der Waals surface area contributed by atoms with E-state index >= 15 is 0 Å².